The van der Waals surface area contributed by atoms with E-state index in [4.69, 9.17) is 4.74 Å². The number of hydrogen-bond donors (Lipinski definition) is 2. The van der Waals surface area contributed by atoms with Crippen molar-refractivity contribution in [3.05, 3.63) is 71.8 Å². The molecular formula is C21H23NO4. The summed E-state index contributed by atoms with van der Waals surface area (Å²) < 4.78 is 5.74. The normalized spacial score (nSPS) is 19.8. The van der Waals surface area contributed by atoms with Crippen LogP contribution in [0.3, 0.4) is 0 Å². The first-order chi connectivity index (χ1) is 12.7. The molecule has 1 aliphatic rings. The van der Waals surface area contributed by atoms with Crippen LogP contribution >= 0.6 is 0 Å². The summed E-state index contributed by atoms with van der Waals surface area (Å²) in [5.74, 6) is 0.561. The summed E-state index contributed by atoms with van der Waals surface area (Å²) in [5.41, 5.74) is 1.99. The average Bonchev–Trinajstić information content (AvgIpc) is 3.07. The van der Waals surface area contributed by atoms with Gasteiger partial charge in [-0.15, -0.1) is 0 Å². The molecule has 1 heterocycles. The van der Waals surface area contributed by atoms with E-state index in [1.165, 1.54) is 11.0 Å². The molecule has 1 aliphatic heterocycles. The number of amides is 1. The van der Waals surface area contributed by atoms with E-state index in [0.29, 0.717) is 13.0 Å². The lowest BCUT2D eigenvalue weighted by Crippen LogP contribution is -2.36. The van der Waals surface area contributed by atoms with Gasteiger partial charge in [-0.05, 0) is 35.8 Å². The first-order valence-electron chi connectivity index (χ1n) is 8.70. The van der Waals surface area contributed by atoms with Crippen LogP contribution < -0.4 is 4.74 Å². The van der Waals surface area contributed by atoms with Gasteiger partial charge in [0.2, 0.25) is 5.91 Å². The predicted molar refractivity (Wildman–Crippen MR) is 99.5 cm³/mol. The van der Waals surface area contributed by atoms with Crippen molar-refractivity contribution in [2.24, 2.45) is 0 Å². The summed E-state index contributed by atoms with van der Waals surface area (Å²) in [4.78, 5) is 13.8. The third kappa shape index (κ3) is 4.71. The summed E-state index contributed by atoms with van der Waals surface area (Å²) in [6.45, 7) is 0.638. The van der Waals surface area contributed by atoms with E-state index in [-0.39, 0.29) is 25.1 Å². The molecule has 0 aliphatic carbocycles. The lowest BCUT2D eigenvalue weighted by Gasteiger charge is -2.20. The zero-order chi connectivity index (χ0) is 18.4. The van der Waals surface area contributed by atoms with E-state index in [0.717, 1.165) is 16.9 Å². The zero-order valence-electron chi connectivity index (χ0n) is 14.5. The van der Waals surface area contributed by atoms with Crippen molar-refractivity contribution in [2.75, 3.05) is 13.2 Å². The van der Waals surface area contributed by atoms with Crippen molar-refractivity contribution in [2.45, 2.75) is 25.2 Å². The molecule has 2 aromatic carbocycles. The molecule has 3 rings (SSSR count). The Bertz CT molecular complexity index is 742. The fourth-order valence-corrected chi connectivity index (χ4v) is 3.01. The van der Waals surface area contributed by atoms with Crippen LogP contribution in [0.2, 0.25) is 0 Å². The number of rotatable bonds is 6. The average molecular weight is 353 g/mol. The van der Waals surface area contributed by atoms with Gasteiger partial charge in [0.25, 0.3) is 0 Å². The van der Waals surface area contributed by atoms with Crippen LogP contribution in [0.1, 0.15) is 17.5 Å². The highest BCUT2D eigenvalue weighted by Gasteiger charge is 2.32. The Morgan fingerprint density at radius 3 is 2.58 bits per heavy atom. The van der Waals surface area contributed by atoms with Crippen LogP contribution in [0.4, 0.5) is 0 Å². The minimum Gasteiger partial charge on any atom is -0.489 e. The summed E-state index contributed by atoms with van der Waals surface area (Å²) in [7, 11) is 0. The number of benzene rings is 2. The highest BCUT2D eigenvalue weighted by molar-refractivity contribution is 5.92. The van der Waals surface area contributed by atoms with Gasteiger partial charge in [0.15, 0.2) is 0 Å². The van der Waals surface area contributed by atoms with Gasteiger partial charge in [0, 0.05) is 12.6 Å². The van der Waals surface area contributed by atoms with Crippen LogP contribution in [0.15, 0.2) is 60.7 Å². The number of aliphatic hydroxyl groups excluding tert-OH is 2. The highest BCUT2D eigenvalue weighted by Crippen LogP contribution is 2.19. The third-order valence-electron chi connectivity index (χ3n) is 4.43. The second-order valence-corrected chi connectivity index (χ2v) is 6.39. The molecule has 0 radical (unpaired) electrons. The number of likely N-dealkylation sites (tertiary alicyclic amines) is 1. The Morgan fingerprint density at radius 1 is 1.15 bits per heavy atom. The standard InChI is InChI=1S/C21H23NO4/c23-14-18-12-19(24)13-22(18)21(25)11-8-16-6-9-20(10-7-16)26-15-17-4-2-1-3-5-17/h1-11,18-19,23-24H,12-15H2/b11-8+/t18-,19+/m0/s1. The first kappa shape index (κ1) is 18.2. The molecule has 0 unspecified atom stereocenters. The summed E-state index contributed by atoms with van der Waals surface area (Å²) in [6, 6.07) is 17.1. The highest BCUT2D eigenvalue weighted by atomic mass is 16.5. The largest absolute Gasteiger partial charge is 0.489 e. The second-order valence-electron chi connectivity index (χ2n) is 6.39. The molecule has 0 spiro atoms. The van der Waals surface area contributed by atoms with Crippen molar-refractivity contribution < 1.29 is 19.7 Å². The Morgan fingerprint density at radius 2 is 1.88 bits per heavy atom. The van der Waals surface area contributed by atoms with E-state index < -0.39 is 6.10 Å². The van der Waals surface area contributed by atoms with Crippen molar-refractivity contribution in [3.63, 3.8) is 0 Å². The molecule has 5 heteroatoms. The fraction of sp³-hybridized carbons (Fsp3) is 0.286. The number of carbonyl (C=O) groups excluding carboxylic acids is 1. The molecule has 1 saturated heterocycles. The maximum Gasteiger partial charge on any atom is 0.246 e. The van der Waals surface area contributed by atoms with Gasteiger partial charge >= 0.3 is 0 Å². The molecule has 1 fully saturated rings. The maximum absolute atomic E-state index is 12.3. The minimum atomic E-state index is -0.564. The van der Waals surface area contributed by atoms with Gasteiger partial charge < -0.3 is 19.8 Å². The number of hydrogen-bond acceptors (Lipinski definition) is 4. The third-order valence-corrected chi connectivity index (χ3v) is 4.43. The molecule has 0 bridgehead atoms. The minimum absolute atomic E-state index is 0.135. The summed E-state index contributed by atoms with van der Waals surface area (Å²) >= 11 is 0. The summed E-state index contributed by atoms with van der Waals surface area (Å²) in [5, 5.41) is 19.0. The van der Waals surface area contributed by atoms with E-state index in [2.05, 4.69) is 0 Å². The number of ether oxygens (including phenoxy) is 1. The first-order valence-corrected chi connectivity index (χ1v) is 8.70. The van der Waals surface area contributed by atoms with Crippen LogP contribution in [0.5, 0.6) is 5.75 Å². The Balaban J connectivity index is 1.55. The van der Waals surface area contributed by atoms with Crippen LogP contribution in [-0.4, -0.2) is 46.3 Å². The fourth-order valence-electron chi connectivity index (χ4n) is 3.01. The molecule has 0 saturated carbocycles. The number of aliphatic hydroxyl groups is 2. The van der Waals surface area contributed by atoms with Crippen molar-refractivity contribution >= 4 is 12.0 Å². The Hall–Kier alpha value is -2.63. The molecule has 26 heavy (non-hydrogen) atoms. The Kier molecular flexibility index (Phi) is 6.04. The molecule has 1 amide bonds. The topological polar surface area (TPSA) is 70.0 Å². The monoisotopic (exact) mass is 353 g/mol. The quantitative estimate of drug-likeness (QED) is 0.782. The number of nitrogens with zero attached hydrogens (tertiary/aromatic N) is 1. The van der Waals surface area contributed by atoms with Crippen molar-refractivity contribution in [1.82, 2.24) is 4.90 Å². The molecule has 2 aromatic rings. The van der Waals surface area contributed by atoms with Crippen molar-refractivity contribution in [1.29, 1.82) is 0 Å². The second kappa shape index (κ2) is 8.65. The van der Waals surface area contributed by atoms with Crippen LogP contribution in [0, 0.1) is 0 Å². The smallest absolute Gasteiger partial charge is 0.246 e. The molecule has 2 N–H and O–H groups in total. The van der Waals surface area contributed by atoms with Gasteiger partial charge in [-0.3, -0.25) is 4.79 Å². The zero-order valence-corrected chi connectivity index (χ0v) is 14.5. The van der Waals surface area contributed by atoms with E-state index >= 15 is 0 Å². The van der Waals surface area contributed by atoms with E-state index in [1.54, 1.807) is 6.08 Å². The van der Waals surface area contributed by atoms with Gasteiger partial charge in [-0.25, -0.2) is 0 Å². The maximum atomic E-state index is 12.3. The van der Waals surface area contributed by atoms with Crippen LogP contribution in [-0.2, 0) is 11.4 Å². The van der Waals surface area contributed by atoms with E-state index in [1.807, 2.05) is 54.6 Å². The number of carbonyl (C=O) groups is 1. The van der Waals surface area contributed by atoms with Gasteiger partial charge in [-0.2, -0.15) is 0 Å². The SMILES string of the molecule is O=C(/C=C/c1ccc(OCc2ccccc2)cc1)N1C[C@H](O)C[C@H]1CO. The van der Waals surface area contributed by atoms with Gasteiger partial charge in [-0.1, -0.05) is 42.5 Å². The molecular weight excluding hydrogens is 330 g/mol. The molecule has 2 atom stereocenters. The van der Waals surface area contributed by atoms with Gasteiger partial charge in [0.1, 0.15) is 12.4 Å². The molecule has 5 nitrogen and oxygen atoms in total. The number of β-amino-alcohol motifs (C(OH)–C–C–N with tert-alkyl or cyclic N) is 1. The van der Waals surface area contributed by atoms with Gasteiger partial charge in [0.05, 0.1) is 18.8 Å². The lowest BCUT2D eigenvalue weighted by molar-refractivity contribution is -0.127. The van der Waals surface area contributed by atoms with Crippen molar-refractivity contribution in [3.8, 4) is 5.75 Å². The predicted octanol–water partition coefficient (Wildman–Crippen LogP) is 2.23. The lowest BCUT2D eigenvalue weighted by atomic mass is 10.2. The Labute approximate surface area is 153 Å². The van der Waals surface area contributed by atoms with Crippen LogP contribution in [0.25, 0.3) is 6.08 Å². The molecule has 136 valence electrons. The summed E-state index contributed by atoms with van der Waals surface area (Å²) in [6.07, 6.45) is 3.05. The van der Waals surface area contributed by atoms with E-state index in [9.17, 15) is 15.0 Å². The molecule has 0 aromatic heterocycles.